The van der Waals surface area contributed by atoms with Crippen molar-refractivity contribution in [3.63, 3.8) is 0 Å². The van der Waals surface area contributed by atoms with Crippen LogP contribution in [0.5, 0.6) is 11.5 Å². The molecule has 0 aliphatic heterocycles. The zero-order chi connectivity index (χ0) is 22.8. The predicted molar refractivity (Wildman–Crippen MR) is 117 cm³/mol. The van der Waals surface area contributed by atoms with Crippen LogP contribution >= 0.6 is 11.6 Å². The van der Waals surface area contributed by atoms with Gasteiger partial charge in [0, 0.05) is 24.8 Å². The van der Waals surface area contributed by atoms with E-state index in [0.29, 0.717) is 27.8 Å². The number of nitrogens with zero attached hydrogens (tertiary/aromatic N) is 1. The summed E-state index contributed by atoms with van der Waals surface area (Å²) in [6, 6.07) is 11.9. The van der Waals surface area contributed by atoms with Gasteiger partial charge >= 0.3 is 5.97 Å². The number of anilines is 1. The predicted octanol–water partition coefficient (Wildman–Crippen LogP) is 3.01. The lowest BCUT2D eigenvalue weighted by molar-refractivity contribution is -0.148. The summed E-state index contributed by atoms with van der Waals surface area (Å²) in [5.74, 6) is -0.535. The first-order chi connectivity index (χ1) is 14.8. The SMILES string of the molecule is COc1ccc(/C=C/C(=O)OCC(=O)N(C)CC(=O)Nc2ccccc2Cl)c(OC)c1. The Bertz CT molecular complexity index is 976. The number of benzene rings is 2. The molecule has 2 aromatic rings. The van der Waals surface area contributed by atoms with Gasteiger partial charge in [-0.2, -0.15) is 0 Å². The Hall–Kier alpha value is -3.52. The van der Waals surface area contributed by atoms with Crippen molar-refractivity contribution >= 4 is 41.1 Å². The topological polar surface area (TPSA) is 94.2 Å². The standard InChI is InChI=1S/C22H23ClN2O6/c1-25(13-20(26)24-18-7-5-4-6-17(18)23)21(27)14-31-22(28)11-9-15-8-10-16(29-2)12-19(15)30-3/h4-12H,13-14H2,1-3H3,(H,24,26)/b11-9+. The molecule has 2 aromatic carbocycles. The van der Waals surface area contributed by atoms with Crippen LogP contribution in [-0.4, -0.2) is 57.1 Å². The Morgan fingerprint density at radius 2 is 1.84 bits per heavy atom. The van der Waals surface area contributed by atoms with Gasteiger partial charge in [-0.05, 0) is 30.3 Å². The van der Waals surface area contributed by atoms with Crippen LogP contribution in [0.2, 0.25) is 5.02 Å². The van der Waals surface area contributed by atoms with E-state index in [9.17, 15) is 14.4 Å². The van der Waals surface area contributed by atoms with Crippen molar-refractivity contribution in [3.8, 4) is 11.5 Å². The Balaban J connectivity index is 1.83. The minimum atomic E-state index is -0.708. The van der Waals surface area contributed by atoms with Gasteiger partial charge in [0.1, 0.15) is 11.5 Å². The number of amides is 2. The fraction of sp³-hybridized carbons (Fsp3) is 0.227. The number of esters is 1. The number of ether oxygens (including phenoxy) is 3. The molecule has 0 radical (unpaired) electrons. The van der Waals surface area contributed by atoms with Crippen LogP contribution in [0.1, 0.15) is 5.56 Å². The second-order valence-electron chi connectivity index (χ2n) is 6.33. The molecular formula is C22H23ClN2O6. The molecule has 0 bridgehead atoms. The molecule has 0 aliphatic carbocycles. The number of methoxy groups -OCH3 is 2. The highest BCUT2D eigenvalue weighted by Gasteiger charge is 2.15. The average Bonchev–Trinajstić information content (AvgIpc) is 2.77. The van der Waals surface area contributed by atoms with E-state index >= 15 is 0 Å². The van der Waals surface area contributed by atoms with Crippen molar-refractivity contribution in [2.45, 2.75) is 0 Å². The highest BCUT2D eigenvalue weighted by atomic mass is 35.5. The lowest BCUT2D eigenvalue weighted by Crippen LogP contribution is -2.37. The number of carbonyl (C=O) groups excluding carboxylic acids is 3. The van der Waals surface area contributed by atoms with Gasteiger partial charge in [-0.15, -0.1) is 0 Å². The Morgan fingerprint density at radius 1 is 1.10 bits per heavy atom. The number of halogens is 1. The van der Waals surface area contributed by atoms with Crippen LogP contribution in [0.15, 0.2) is 48.5 Å². The van der Waals surface area contributed by atoms with Crippen molar-refractivity contribution in [2.24, 2.45) is 0 Å². The van der Waals surface area contributed by atoms with E-state index in [1.54, 1.807) is 42.5 Å². The van der Waals surface area contributed by atoms with Gasteiger partial charge in [0.2, 0.25) is 5.91 Å². The molecule has 0 aromatic heterocycles. The summed E-state index contributed by atoms with van der Waals surface area (Å²) in [6.45, 7) is -0.723. The smallest absolute Gasteiger partial charge is 0.331 e. The summed E-state index contributed by atoms with van der Waals surface area (Å²) in [4.78, 5) is 37.3. The molecule has 1 N–H and O–H groups in total. The number of nitrogens with one attached hydrogen (secondary N) is 1. The van der Waals surface area contributed by atoms with E-state index in [-0.39, 0.29) is 6.54 Å². The van der Waals surface area contributed by atoms with Gasteiger partial charge < -0.3 is 24.4 Å². The third-order valence-electron chi connectivity index (χ3n) is 4.13. The molecule has 0 spiro atoms. The summed E-state index contributed by atoms with van der Waals surface area (Å²) in [6.07, 6.45) is 2.69. The molecule has 0 unspecified atom stereocenters. The number of para-hydroxylation sites is 1. The molecule has 31 heavy (non-hydrogen) atoms. The van der Waals surface area contributed by atoms with Gasteiger partial charge in [-0.25, -0.2) is 4.79 Å². The normalized spacial score (nSPS) is 10.5. The second kappa shape index (κ2) is 11.6. The molecule has 2 rings (SSSR count). The number of carbonyl (C=O) groups is 3. The minimum Gasteiger partial charge on any atom is -0.497 e. The fourth-order valence-corrected chi connectivity index (χ4v) is 2.64. The van der Waals surface area contributed by atoms with Crippen LogP contribution in [0.4, 0.5) is 5.69 Å². The molecule has 0 heterocycles. The van der Waals surface area contributed by atoms with E-state index in [1.807, 2.05) is 0 Å². The fourth-order valence-electron chi connectivity index (χ4n) is 2.46. The summed E-state index contributed by atoms with van der Waals surface area (Å²) in [5, 5.41) is 3.00. The molecule has 9 heteroatoms. The first-order valence-electron chi connectivity index (χ1n) is 9.19. The first kappa shape index (κ1) is 23.8. The Kier molecular flexibility index (Phi) is 8.90. The first-order valence-corrected chi connectivity index (χ1v) is 9.57. The molecule has 164 valence electrons. The van der Waals surface area contributed by atoms with Crippen molar-refractivity contribution in [2.75, 3.05) is 39.7 Å². The quantitative estimate of drug-likeness (QED) is 0.470. The highest BCUT2D eigenvalue weighted by molar-refractivity contribution is 6.33. The lowest BCUT2D eigenvalue weighted by Gasteiger charge is -2.16. The number of hydrogen-bond acceptors (Lipinski definition) is 6. The lowest BCUT2D eigenvalue weighted by atomic mass is 10.2. The maximum Gasteiger partial charge on any atom is 0.331 e. The van der Waals surface area contributed by atoms with Gasteiger partial charge in [-0.3, -0.25) is 9.59 Å². The van der Waals surface area contributed by atoms with E-state index in [0.717, 1.165) is 4.90 Å². The second-order valence-corrected chi connectivity index (χ2v) is 6.73. The zero-order valence-electron chi connectivity index (χ0n) is 17.4. The molecule has 0 atom stereocenters. The number of rotatable bonds is 9. The maximum absolute atomic E-state index is 12.1. The monoisotopic (exact) mass is 446 g/mol. The summed E-state index contributed by atoms with van der Waals surface area (Å²) in [5.41, 5.74) is 1.08. The van der Waals surface area contributed by atoms with Gasteiger partial charge in [0.05, 0.1) is 31.5 Å². The Labute approximate surface area is 185 Å². The summed E-state index contributed by atoms with van der Waals surface area (Å²) < 4.78 is 15.3. The maximum atomic E-state index is 12.1. The van der Waals surface area contributed by atoms with E-state index < -0.39 is 24.4 Å². The Morgan fingerprint density at radius 3 is 2.52 bits per heavy atom. The van der Waals surface area contributed by atoms with Crippen LogP contribution in [0, 0.1) is 0 Å². The number of hydrogen-bond donors (Lipinski definition) is 1. The van der Waals surface area contributed by atoms with Crippen LogP contribution in [0.25, 0.3) is 6.08 Å². The molecule has 0 saturated heterocycles. The van der Waals surface area contributed by atoms with Crippen molar-refractivity contribution < 1.29 is 28.6 Å². The largest absolute Gasteiger partial charge is 0.497 e. The van der Waals surface area contributed by atoms with Crippen LogP contribution in [-0.2, 0) is 19.1 Å². The van der Waals surface area contributed by atoms with Gasteiger partial charge in [0.25, 0.3) is 5.91 Å². The van der Waals surface area contributed by atoms with Crippen molar-refractivity contribution in [3.05, 3.63) is 59.1 Å². The van der Waals surface area contributed by atoms with Crippen molar-refractivity contribution in [1.29, 1.82) is 0 Å². The van der Waals surface area contributed by atoms with Crippen LogP contribution < -0.4 is 14.8 Å². The molecule has 8 nitrogen and oxygen atoms in total. The third-order valence-corrected chi connectivity index (χ3v) is 4.46. The van der Waals surface area contributed by atoms with Crippen molar-refractivity contribution in [1.82, 2.24) is 4.90 Å². The number of likely N-dealkylation sites (N-methyl/N-ethyl adjacent to an activating group) is 1. The molecule has 0 saturated carbocycles. The average molecular weight is 447 g/mol. The molecule has 2 amide bonds. The van der Waals surface area contributed by atoms with E-state index in [4.69, 9.17) is 25.8 Å². The van der Waals surface area contributed by atoms with Gasteiger partial charge in [-0.1, -0.05) is 23.7 Å². The van der Waals surface area contributed by atoms with Crippen LogP contribution in [0.3, 0.4) is 0 Å². The highest BCUT2D eigenvalue weighted by Crippen LogP contribution is 2.25. The molecule has 0 aliphatic rings. The summed E-state index contributed by atoms with van der Waals surface area (Å²) >= 11 is 5.99. The van der Waals surface area contributed by atoms with Gasteiger partial charge in [0.15, 0.2) is 6.61 Å². The minimum absolute atomic E-state index is 0.222. The zero-order valence-corrected chi connectivity index (χ0v) is 18.1. The molecule has 0 fully saturated rings. The molecular weight excluding hydrogens is 424 g/mol. The summed E-state index contributed by atoms with van der Waals surface area (Å²) in [7, 11) is 4.47. The third kappa shape index (κ3) is 7.35. The van der Waals surface area contributed by atoms with E-state index in [1.165, 1.54) is 33.4 Å². The van der Waals surface area contributed by atoms with E-state index in [2.05, 4.69) is 5.32 Å².